The van der Waals surface area contributed by atoms with Gasteiger partial charge >= 0.3 is 0 Å². The lowest BCUT2D eigenvalue weighted by Gasteiger charge is -2.24. The third kappa shape index (κ3) is 4.48. The molecule has 2 rings (SSSR count). The van der Waals surface area contributed by atoms with Crippen LogP contribution in [0.15, 0.2) is 18.2 Å². The van der Waals surface area contributed by atoms with Crippen molar-refractivity contribution in [2.75, 3.05) is 13.2 Å². The zero-order valence-corrected chi connectivity index (χ0v) is 11.6. The van der Waals surface area contributed by atoms with Crippen LogP contribution in [0, 0.1) is 5.82 Å². The van der Waals surface area contributed by atoms with E-state index in [1.54, 1.807) is 6.07 Å². The van der Waals surface area contributed by atoms with Gasteiger partial charge < -0.3 is 14.8 Å². The maximum absolute atomic E-state index is 13.3. The van der Waals surface area contributed by atoms with Gasteiger partial charge in [-0.3, -0.25) is 0 Å². The number of hydrogen-bond donors (Lipinski definition) is 1. The van der Waals surface area contributed by atoms with Crippen LogP contribution < -0.4 is 10.1 Å². The fourth-order valence-electron chi connectivity index (χ4n) is 2.10. The number of benzene rings is 1. The summed E-state index contributed by atoms with van der Waals surface area (Å²) in [4.78, 5) is 0. The van der Waals surface area contributed by atoms with Gasteiger partial charge in [-0.15, -0.1) is 0 Å². The fourth-order valence-corrected chi connectivity index (χ4v) is 2.10. The minimum atomic E-state index is -0.229. The summed E-state index contributed by atoms with van der Waals surface area (Å²) in [5.41, 5.74) is 0.860. The van der Waals surface area contributed by atoms with Gasteiger partial charge in [-0.2, -0.15) is 0 Å². The molecule has 0 bridgehead atoms. The first-order valence-electron chi connectivity index (χ1n) is 6.91. The number of rotatable bonds is 5. The molecule has 1 N–H and O–H groups in total. The standard InChI is InChI=1S/C15H22FNO2/c1-11(2)17-9-12-8-13(16)5-6-15(12)19-14-4-3-7-18-10-14/h5-6,8,11,14,17H,3-4,7,9-10H2,1-2H3. The van der Waals surface area contributed by atoms with Gasteiger partial charge in [0.2, 0.25) is 0 Å². The molecule has 0 radical (unpaired) electrons. The minimum absolute atomic E-state index is 0.0806. The van der Waals surface area contributed by atoms with Crippen molar-refractivity contribution in [3.8, 4) is 5.75 Å². The molecule has 1 aromatic carbocycles. The van der Waals surface area contributed by atoms with E-state index in [-0.39, 0.29) is 11.9 Å². The molecule has 1 aliphatic rings. The Morgan fingerprint density at radius 3 is 3.00 bits per heavy atom. The predicted molar refractivity (Wildman–Crippen MR) is 72.8 cm³/mol. The Morgan fingerprint density at radius 2 is 2.32 bits per heavy atom. The molecule has 0 amide bonds. The molecule has 0 saturated carbocycles. The third-order valence-corrected chi connectivity index (χ3v) is 3.14. The van der Waals surface area contributed by atoms with Crippen LogP contribution in [0.2, 0.25) is 0 Å². The van der Waals surface area contributed by atoms with Crippen molar-refractivity contribution in [3.05, 3.63) is 29.6 Å². The molecule has 19 heavy (non-hydrogen) atoms. The number of hydrogen-bond acceptors (Lipinski definition) is 3. The third-order valence-electron chi connectivity index (χ3n) is 3.14. The van der Waals surface area contributed by atoms with E-state index in [4.69, 9.17) is 9.47 Å². The molecule has 1 atom stereocenters. The van der Waals surface area contributed by atoms with Gasteiger partial charge in [-0.1, -0.05) is 13.8 Å². The maximum Gasteiger partial charge on any atom is 0.124 e. The second-order valence-electron chi connectivity index (χ2n) is 5.24. The SMILES string of the molecule is CC(C)NCc1cc(F)ccc1OC1CCCOC1. The van der Waals surface area contributed by atoms with Gasteiger partial charge in [0.15, 0.2) is 0 Å². The second kappa shape index (κ2) is 6.87. The molecule has 1 aliphatic heterocycles. The van der Waals surface area contributed by atoms with Crippen molar-refractivity contribution >= 4 is 0 Å². The Balaban J connectivity index is 2.04. The highest BCUT2D eigenvalue weighted by Gasteiger charge is 2.17. The lowest BCUT2D eigenvalue weighted by atomic mass is 10.1. The van der Waals surface area contributed by atoms with Crippen LogP contribution >= 0.6 is 0 Å². The van der Waals surface area contributed by atoms with Crippen LogP contribution in [-0.4, -0.2) is 25.4 Å². The first-order chi connectivity index (χ1) is 9.15. The summed E-state index contributed by atoms with van der Waals surface area (Å²) >= 11 is 0. The van der Waals surface area contributed by atoms with Gasteiger partial charge in [0.1, 0.15) is 17.7 Å². The van der Waals surface area contributed by atoms with Crippen molar-refractivity contribution in [2.24, 2.45) is 0 Å². The summed E-state index contributed by atoms with van der Waals surface area (Å²) in [6.45, 7) is 6.17. The van der Waals surface area contributed by atoms with Crippen LogP contribution in [0.25, 0.3) is 0 Å². The quantitative estimate of drug-likeness (QED) is 0.890. The molecule has 4 heteroatoms. The molecule has 0 aromatic heterocycles. The summed E-state index contributed by atoms with van der Waals surface area (Å²) in [6.07, 6.45) is 2.09. The van der Waals surface area contributed by atoms with Crippen molar-refractivity contribution in [2.45, 2.75) is 45.4 Å². The molecular formula is C15H22FNO2. The van der Waals surface area contributed by atoms with Gasteiger partial charge in [-0.05, 0) is 31.0 Å². The van der Waals surface area contributed by atoms with Gasteiger partial charge in [0, 0.05) is 24.8 Å². The van der Waals surface area contributed by atoms with Crippen LogP contribution in [0.4, 0.5) is 4.39 Å². The van der Waals surface area contributed by atoms with E-state index < -0.39 is 0 Å². The van der Waals surface area contributed by atoms with Crippen molar-refractivity contribution in [1.82, 2.24) is 5.32 Å². The zero-order chi connectivity index (χ0) is 13.7. The van der Waals surface area contributed by atoms with E-state index in [0.717, 1.165) is 30.8 Å². The average Bonchev–Trinajstić information content (AvgIpc) is 2.40. The molecule has 106 valence electrons. The Labute approximate surface area is 114 Å². The topological polar surface area (TPSA) is 30.5 Å². The zero-order valence-electron chi connectivity index (χ0n) is 11.6. The fraction of sp³-hybridized carbons (Fsp3) is 0.600. The number of halogens is 1. The van der Waals surface area contributed by atoms with Crippen molar-refractivity contribution in [3.63, 3.8) is 0 Å². The summed E-state index contributed by atoms with van der Waals surface area (Å²) in [5, 5.41) is 3.29. The Hall–Kier alpha value is -1.13. The van der Waals surface area contributed by atoms with Gasteiger partial charge in [0.05, 0.1) is 6.61 Å². The largest absolute Gasteiger partial charge is 0.488 e. The van der Waals surface area contributed by atoms with Crippen molar-refractivity contribution < 1.29 is 13.9 Å². The van der Waals surface area contributed by atoms with Crippen molar-refractivity contribution in [1.29, 1.82) is 0 Å². The normalized spacial score (nSPS) is 19.7. The second-order valence-corrected chi connectivity index (χ2v) is 5.24. The highest BCUT2D eigenvalue weighted by molar-refractivity contribution is 5.34. The van der Waals surface area contributed by atoms with E-state index in [0.29, 0.717) is 19.2 Å². The summed E-state index contributed by atoms with van der Waals surface area (Å²) < 4.78 is 24.7. The summed E-state index contributed by atoms with van der Waals surface area (Å²) in [6, 6.07) is 5.04. The van der Waals surface area contributed by atoms with Gasteiger partial charge in [0.25, 0.3) is 0 Å². The monoisotopic (exact) mass is 267 g/mol. The predicted octanol–water partition coefficient (Wildman–Crippen LogP) is 2.88. The first-order valence-corrected chi connectivity index (χ1v) is 6.91. The van der Waals surface area contributed by atoms with E-state index >= 15 is 0 Å². The first kappa shape index (κ1) is 14.3. The van der Waals surface area contributed by atoms with Crippen LogP contribution in [0.3, 0.4) is 0 Å². The molecule has 1 aromatic rings. The van der Waals surface area contributed by atoms with E-state index in [1.807, 2.05) is 0 Å². The molecular weight excluding hydrogens is 245 g/mol. The van der Waals surface area contributed by atoms with Crippen LogP contribution in [-0.2, 0) is 11.3 Å². The molecule has 3 nitrogen and oxygen atoms in total. The Morgan fingerprint density at radius 1 is 1.47 bits per heavy atom. The molecule has 1 heterocycles. The van der Waals surface area contributed by atoms with E-state index in [1.165, 1.54) is 12.1 Å². The Bertz CT molecular complexity index is 403. The minimum Gasteiger partial charge on any atom is -0.488 e. The molecule has 0 spiro atoms. The highest BCUT2D eigenvalue weighted by Crippen LogP contribution is 2.23. The molecule has 0 aliphatic carbocycles. The smallest absolute Gasteiger partial charge is 0.124 e. The number of ether oxygens (including phenoxy) is 2. The van der Waals surface area contributed by atoms with Gasteiger partial charge in [-0.25, -0.2) is 4.39 Å². The highest BCUT2D eigenvalue weighted by atomic mass is 19.1. The maximum atomic E-state index is 13.3. The molecule has 1 unspecified atom stereocenters. The van der Waals surface area contributed by atoms with E-state index in [9.17, 15) is 4.39 Å². The van der Waals surface area contributed by atoms with E-state index in [2.05, 4.69) is 19.2 Å². The molecule has 1 saturated heterocycles. The lowest BCUT2D eigenvalue weighted by molar-refractivity contribution is 0.00696. The summed E-state index contributed by atoms with van der Waals surface area (Å²) in [5.74, 6) is 0.526. The summed E-state index contributed by atoms with van der Waals surface area (Å²) in [7, 11) is 0. The number of nitrogens with one attached hydrogen (secondary N) is 1. The Kier molecular flexibility index (Phi) is 5.16. The van der Waals surface area contributed by atoms with Crippen LogP contribution in [0.5, 0.6) is 5.75 Å². The molecule has 1 fully saturated rings. The van der Waals surface area contributed by atoms with Crippen LogP contribution in [0.1, 0.15) is 32.3 Å². The average molecular weight is 267 g/mol. The lowest BCUT2D eigenvalue weighted by Crippen LogP contribution is -2.29.